The van der Waals surface area contributed by atoms with Gasteiger partial charge in [0.25, 0.3) is 0 Å². The van der Waals surface area contributed by atoms with E-state index in [2.05, 4.69) is 124 Å². The molecule has 0 N–H and O–H groups in total. The Balaban J connectivity index is 0.000000146. The van der Waals surface area contributed by atoms with E-state index in [1.165, 1.54) is 22.2 Å². The van der Waals surface area contributed by atoms with E-state index in [0.717, 1.165) is 128 Å². The zero-order chi connectivity index (χ0) is 44.4. The van der Waals surface area contributed by atoms with E-state index in [9.17, 15) is 0 Å². The van der Waals surface area contributed by atoms with Crippen LogP contribution in [0.2, 0.25) is 5.02 Å². The molecule has 0 amide bonds. The van der Waals surface area contributed by atoms with Crippen molar-refractivity contribution in [1.82, 2.24) is 39.9 Å². The van der Waals surface area contributed by atoms with Crippen molar-refractivity contribution >= 4 is 72.6 Å². The van der Waals surface area contributed by atoms with Gasteiger partial charge >= 0.3 is 0 Å². The van der Waals surface area contributed by atoms with Gasteiger partial charge in [0.15, 0.2) is 11.6 Å². The summed E-state index contributed by atoms with van der Waals surface area (Å²) in [5.74, 6) is 5.81. The number of pyridine rings is 4. The van der Waals surface area contributed by atoms with Crippen molar-refractivity contribution in [3.8, 4) is 0 Å². The third-order valence-corrected chi connectivity index (χ3v) is 14.4. The van der Waals surface area contributed by atoms with Gasteiger partial charge in [-0.1, -0.05) is 60.1 Å². The van der Waals surface area contributed by atoms with Gasteiger partial charge in [0.05, 0.1) is 27.4 Å². The lowest BCUT2D eigenvalue weighted by molar-refractivity contribution is 0.480. The van der Waals surface area contributed by atoms with E-state index in [4.69, 9.17) is 41.5 Å². The molecule has 0 bridgehead atoms. The van der Waals surface area contributed by atoms with Crippen LogP contribution < -0.4 is 19.6 Å². The Morgan fingerprint density at radius 3 is 1.35 bits per heavy atom. The second-order valence-corrected chi connectivity index (χ2v) is 19.1. The number of piperidine rings is 2. The molecule has 0 unspecified atom stereocenters. The lowest BCUT2D eigenvalue weighted by Crippen LogP contribution is -2.46. The first-order chi connectivity index (χ1) is 32.5. The Kier molecular flexibility index (Phi) is 12.1. The van der Waals surface area contributed by atoms with Crippen LogP contribution in [-0.4, -0.2) is 92.2 Å². The van der Waals surface area contributed by atoms with Gasteiger partial charge in [0.1, 0.15) is 11.6 Å². The number of rotatable bonds is 8. The van der Waals surface area contributed by atoms with Crippen molar-refractivity contribution in [2.75, 3.05) is 72.0 Å². The number of benzene rings is 2. The van der Waals surface area contributed by atoms with Crippen molar-refractivity contribution in [2.45, 2.75) is 49.4 Å². The number of para-hydroxylation sites is 2. The maximum Gasteiger partial charge on any atom is 0.150 e. The lowest BCUT2D eigenvalue weighted by atomic mass is 9.91. The van der Waals surface area contributed by atoms with E-state index in [0.29, 0.717) is 28.7 Å². The minimum absolute atomic E-state index is 0.367. The molecule has 14 heteroatoms. The molecule has 66 heavy (non-hydrogen) atoms. The Hall–Kier alpha value is -6.31. The number of aromatic nitrogens is 8. The van der Waals surface area contributed by atoms with Crippen LogP contribution in [0.5, 0.6) is 0 Å². The Morgan fingerprint density at radius 2 is 0.894 bits per heavy atom. The third kappa shape index (κ3) is 8.98. The van der Waals surface area contributed by atoms with Crippen molar-refractivity contribution in [3.63, 3.8) is 0 Å². The molecule has 12 rings (SSSR count). The van der Waals surface area contributed by atoms with Gasteiger partial charge in [-0.15, -0.1) is 0 Å². The second kappa shape index (κ2) is 18.9. The highest BCUT2D eigenvalue weighted by atomic mass is 79.9. The van der Waals surface area contributed by atoms with Crippen molar-refractivity contribution in [2.24, 2.45) is 0 Å². The summed E-state index contributed by atoms with van der Waals surface area (Å²) in [5, 5.41) is 3.07. The topological polar surface area (TPSA) is 116 Å². The molecule has 4 fully saturated rings. The first kappa shape index (κ1) is 42.3. The van der Waals surface area contributed by atoms with Crippen LogP contribution in [0.4, 0.5) is 23.3 Å². The van der Waals surface area contributed by atoms with Crippen LogP contribution in [-0.2, 0) is 0 Å². The van der Waals surface area contributed by atoms with Crippen LogP contribution in [0.3, 0.4) is 0 Å². The molecule has 0 atom stereocenters. The molecule has 0 saturated carbocycles. The largest absolute Gasteiger partial charge is 0.355 e. The Bertz CT molecular complexity index is 2730. The van der Waals surface area contributed by atoms with Gasteiger partial charge < -0.3 is 19.6 Å². The zero-order valence-corrected chi connectivity index (χ0v) is 39.0. The minimum Gasteiger partial charge on any atom is -0.355 e. The molecular formula is C52H50BrClN12. The zero-order valence-electron chi connectivity index (χ0n) is 36.6. The molecule has 4 aliphatic rings. The predicted octanol–water partition coefficient (Wildman–Crippen LogP) is 10.2. The highest BCUT2D eigenvalue weighted by molar-refractivity contribution is 9.10. The van der Waals surface area contributed by atoms with E-state index in [1.807, 2.05) is 49.2 Å². The van der Waals surface area contributed by atoms with Crippen molar-refractivity contribution in [1.29, 1.82) is 0 Å². The molecule has 4 aliphatic heterocycles. The summed E-state index contributed by atoms with van der Waals surface area (Å²) in [6, 6.07) is 33.5. The molecule has 8 aromatic rings. The standard InChI is InChI=1S/C26H25BrN6.C26H25ClN6/c2*27-21-6-8-24(30-15-21)33-16-20(17-33)25-26(29-12-11-28-25)32-13-9-19(10-14-32)23-7-5-18-3-1-2-4-22(18)31-23/h2*1-8,11-12,15,19-20H,9-10,13-14,16-17H2. The molecule has 0 spiro atoms. The number of fused-ring (bicyclic) bond motifs is 2. The molecule has 2 aromatic carbocycles. The number of nitrogens with zero attached hydrogens (tertiary/aromatic N) is 12. The van der Waals surface area contributed by atoms with E-state index < -0.39 is 0 Å². The highest BCUT2D eigenvalue weighted by Gasteiger charge is 2.36. The Labute approximate surface area is 398 Å². The average Bonchev–Trinajstić information content (AvgIpc) is 3.35. The summed E-state index contributed by atoms with van der Waals surface area (Å²) in [6.45, 7) is 7.57. The maximum absolute atomic E-state index is 5.98. The molecule has 12 nitrogen and oxygen atoms in total. The fourth-order valence-corrected chi connectivity index (χ4v) is 10.3. The molecular weight excluding hydrogens is 908 g/mol. The first-order valence-corrected chi connectivity index (χ1v) is 24.2. The van der Waals surface area contributed by atoms with Gasteiger partial charge in [-0.25, -0.2) is 19.9 Å². The van der Waals surface area contributed by atoms with E-state index in [-0.39, 0.29) is 0 Å². The van der Waals surface area contributed by atoms with Crippen molar-refractivity contribution < 1.29 is 0 Å². The number of halogens is 2. The number of hydrogen-bond donors (Lipinski definition) is 0. The molecule has 6 aromatic heterocycles. The normalized spacial score (nSPS) is 17.4. The fourth-order valence-electron chi connectivity index (χ4n) is 9.93. The predicted molar refractivity (Wildman–Crippen MR) is 267 cm³/mol. The quantitative estimate of drug-likeness (QED) is 0.144. The van der Waals surface area contributed by atoms with Gasteiger partial charge in [0, 0.05) is 140 Å². The fraction of sp³-hybridized carbons (Fsp3) is 0.308. The van der Waals surface area contributed by atoms with Crippen LogP contribution >= 0.6 is 27.5 Å². The lowest BCUT2D eigenvalue weighted by Gasteiger charge is -2.41. The Morgan fingerprint density at radius 1 is 0.439 bits per heavy atom. The van der Waals surface area contributed by atoms with Gasteiger partial charge in [-0.05, 0) is 90.1 Å². The summed E-state index contributed by atoms with van der Waals surface area (Å²) in [7, 11) is 0. The molecule has 4 saturated heterocycles. The van der Waals surface area contributed by atoms with Crippen LogP contribution in [0.15, 0.2) is 139 Å². The summed E-state index contributed by atoms with van der Waals surface area (Å²) in [6.07, 6.45) is 15.1. The highest BCUT2D eigenvalue weighted by Crippen LogP contribution is 2.38. The summed E-state index contributed by atoms with van der Waals surface area (Å²) in [4.78, 5) is 47.2. The smallest absolute Gasteiger partial charge is 0.150 e. The summed E-state index contributed by atoms with van der Waals surface area (Å²) >= 11 is 9.43. The van der Waals surface area contributed by atoms with E-state index in [1.54, 1.807) is 6.20 Å². The molecule has 0 aliphatic carbocycles. The summed E-state index contributed by atoms with van der Waals surface area (Å²) in [5.41, 5.74) is 6.81. The van der Waals surface area contributed by atoms with Crippen LogP contribution in [0, 0.1) is 0 Å². The number of anilines is 4. The van der Waals surface area contributed by atoms with Gasteiger partial charge in [0.2, 0.25) is 0 Å². The summed E-state index contributed by atoms with van der Waals surface area (Å²) < 4.78 is 1.00. The van der Waals surface area contributed by atoms with Gasteiger partial charge in [-0.3, -0.25) is 19.9 Å². The minimum atomic E-state index is 0.367. The van der Waals surface area contributed by atoms with Crippen molar-refractivity contribution in [3.05, 3.63) is 167 Å². The molecule has 10 heterocycles. The average molecular weight is 958 g/mol. The molecule has 0 radical (unpaired) electrons. The third-order valence-electron chi connectivity index (χ3n) is 13.7. The maximum atomic E-state index is 5.98. The molecule has 332 valence electrons. The SMILES string of the molecule is Brc1ccc(N2CC(c3nccnc3N3CCC(c4ccc5ccccc5n4)CC3)C2)nc1.Clc1ccc(N2CC(c3nccnc3N3CCC(c4ccc5ccccc5n4)CC3)C2)nc1. The van der Waals surface area contributed by atoms with Gasteiger partial charge in [-0.2, -0.15) is 0 Å². The van der Waals surface area contributed by atoms with Crippen LogP contribution in [0.1, 0.15) is 72.1 Å². The first-order valence-electron chi connectivity index (χ1n) is 23.0. The second-order valence-electron chi connectivity index (χ2n) is 17.8. The number of hydrogen-bond acceptors (Lipinski definition) is 12. The van der Waals surface area contributed by atoms with Crippen LogP contribution in [0.25, 0.3) is 21.8 Å². The monoisotopic (exact) mass is 956 g/mol. The van der Waals surface area contributed by atoms with E-state index >= 15 is 0 Å².